The molecule has 0 aromatic rings. The number of hydrogen-bond acceptors (Lipinski definition) is 5. The van der Waals surface area contributed by atoms with Crippen molar-refractivity contribution in [2.75, 3.05) is 7.05 Å². The lowest BCUT2D eigenvalue weighted by molar-refractivity contribution is -0.154. The molecule has 2 rings (SSSR count). The normalized spacial score (nSPS) is 43.4. The van der Waals surface area contributed by atoms with E-state index < -0.39 is 18.3 Å². The molecule has 0 spiro atoms. The lowest BCUT2D eigenvalue weighted by atomic mass is 10.0. The van der Waals surface area contributed by atoms with Crippen molar-refractivity contribution in [1.82, 2.24) is 4.90 Å². The second kappa shape index (κ2) is 4.31. The molecule has 5 atom stereocenters. The van der Waals surface area contributed by atoms with E-state index in [0.717, 1.165) is 0 Å². The number of aliphatic hydroxyl groups is 2. The van der Waals surface area contributed by atoms with Crippen LogP contribution in [0.3, 0.4) is 0 Å². The fourth-order valence-corrected chi connectivity index (χ4v) is 2.81. The van der Waals surface area contributed by atoms with Crippen LogP contribution in [-0.4, -0.2) is 58.5 Å². The maximum Gasteiger partial charge on any atom is 0.305 e. The smallest absolute Gasteiger partial charge is 0.305 e. The second-order valence-corrected chi connectivity index (χ2v) is 4.72. The Morgan fingerprint density at radius 2 is 2.00 bits per heavy atom. The van der Waals surface area contributed by atoms with Gasteiger partial charge in [0.15, 0.2) is 0 Å². The minimum absolute atomic E-state index is 0.0563. The van der Waals surface area contributed by atoms with E-state index in [0.29, 0.717) is 19.3 Å². The maximum atomic E-state index is 11.3. The number of esters is 1. The Morgan fingerprint density at radius 3 is 2.62 bits per heavy atom. The van der Waals surface area contributed by atoms with Crippen LogP contribution in [0.2, 0.25) is 0 Å². The number of carbonyl (C=O) groups is 1. The molecule has 0 saturated carbocycles. The fraction of sp³-hybridized carbons (Fsp3) is 0.909. The number of carbonyl (C=O) groups excluding carboxylic acids is 1. The van der Waals surface area contributed by atoms with E-state index in [1.165, 1.54) is 0 Å². The van der Waals surface area contributed by atoms with E-state index in [9.17, 15) is 15.0 Å². The van der Waals surface area contributed by atoms with Gasteiger partial charge in [-0.15, -0.1) is 0 Å². The SMILES string of the molecule is CCC(=O)OC1C(O)[C@@H]2CC(O)C[C@H]1N2C. The first-order valence-corrected chi connectivity index (χ1v) is 5.82. The Morgan fingerprint density at radius 1 is 1.38 bits per heavy atom. The Balaban J connectivity index is 2.11. The molecule has 2 fully saturated rings. The highest BCUT2D eigenvalue weighted by atomic mass is 16.6. The van der Waals surface area contributed by atoms with Crippen molar-refractivity contribution in [3.05, 3.63) is 0 Å². The van der Waals surface area contributed by atoms with Gasteiger partial charge in [0.05, 0.1) is 12.1 Å². The summed E-state index contributed by atoms with van der Waals surface area (Å²) in [5.41, 5.74) is 0. The van der Waals surface area contributed by atoms with Gasteiger partial charge in [0.2, 0.25) is 0 Å². The van der Waals surface area contributed by atoms with Crippen LogP contribution in [0.25, 0.3) is 0 Å². The van der Waals surface area contributed by atoms with Crippen molar-refractivity contribution in [1.29, 1.82) is 0 Å². The van der Waals surface area contributed by atoms with E-state index in [-0.39, 0.29) is 18.1 Å². The Bertz CT molecular complexity index is 283. The minimum atomic E-state index is -0.678. The molecular formula is C11H19NO4. The van der Waals surface area contributed by atoms with Gasteiger partial charge in [-0.2, -0.15) is 0 Å². The molecule has 0 aromatic heterocycles. The largest absolute Gasteiger partial charge is 0.458 e. The molecule has 2 heterocycles. The van der Waals surface area contributed by atoms with Gasteiger partial charge in [0.1, 0.15) is 12.2 Å². The van der Waals surface area contributed by atoms with E-state index >= 15 is 0 Å². The zero-order valence-corrected chi connectivity index (χ0v) is 9.67. The zero-order valence-electron chi connectivity index (χ0n) is 9.67. The lowest BCUT2D eigenvalue weighted by Gasteiger charge is -2.34. The molecule has 0 amide bonds. The quantitative estimate of drug-likeness (QED) is 0.625. The fourth-order valence-electron chi connectivity index (χ4n) is 2.81. The first-order valence-electron chi connectivity index (χ1n) is 5.82. The number of aliphatic hydroxyl groups excluding tert-OH is 2. The van der Waals surface area contributed by atoms with Gasteiger partial charge < -0.3 is 14.9 Å². The molecule has 5 nitrogen and oxygen atoms in total. The van der Waals surface area contributed by atoms with Crippen molar-refractivity contribution in [3.8, 4) is 0 Å². The summed E-state index contributed by atoms with van der Waals surface area (Å²) in [6.45, 7) is 1.73. The van der Waals surface area contributed by atoms with Crippen molar-refractivity contribution in [2.45, 2.75) is 56.6 Å². The number of fused-ring (bicyclic) bond motifs is 2. The van der Waals surface area contributed by atoms with Crippen LogP contribution in [-0.2, 0) is 9.53 Å². The first kappa shape index (κ1) is 11.8. The third-order valence-electron chi connectivity index (χ3n) is 3.74. The van der Waals surface area contributed by atoms with Crippen LogP contribution in [0, 0.1) is 0 Å². The van der Waals surface area contributed by atoms with E-state index in [4.69, 9.17) is 4.74 Å². The van der Waals surface area contributed by atoms with Crippen molar-refractivity contribution >= 4 is 5.97 Å². The van der Waals surface area contributed by atoms with Crippen molar-refractivity contribution in [2.24, 2.45) is 0 Å². The summed E-state index contributed by atoms with van der Waals surface area (Å²) < 4.78 is 5.26. The van der Waals surface area contributed by atoms with Crippen molar-refractivity contribution in [3.63, 3.8) is 0 Å². The average Bonchev–Trinajstić information content (AvgIpc) is 2.39. The zero-order chi connectivity index (χ0) is 11.9. The van der Waals surface area contributed by atoms with E-state index in [2.05, 4.69) is 0 Å². The topological polar surface area (TPSA) is 70.0 Å². The highest BCUT2D eigenvalue weighted by molar-refractivity contribution is 5.69. The Hall–Kier alpha value is -0.650. The van der Waals surface area contributed by atoms with Crippen molar-refractivity contribution < 1.29 is 19.7 Å². The summed E-state index contributed by atoms with van der Waals surface area (Å²) in [7, 11) is 1.91. The number of likely N-dealkylation sites (N-methyl/N-ethyl adjacent to an activating group) is 1. The summed E-state index contributed by atoms with van der Waals surface area (Å²) in [5, 5.41) is 19.7. The van der Waals surface area contributed by atoms with E-state index in [1.807, 2.05) is 11.9 Å². The number of rotatable bonds is 2. The summed E-state index contributed by atoms with van der Waals surface area (Å²) >= 11 is 0. The molecule has 16 heavy (non-hydrogen) atoms. The molecule has 0 radical (unpaired) electrons. The average molecular weight is 229 g/mol. The number of piperidine rings is 1. The molecule has 0 aliphatic carbocycles. The maximum absolute atomic E-state index is 11.3. The Labute approximate surface area is 95.0 Å². The second-order valence-electron chi connectivity index (χ2n) is 4.72. The minimum Gasteiger partial charge on any atom is -0.458 e. The third kappa shape index (κ3) is 1.83. The van der Waals surface area contributed by atoms with Gasteiger partial charge in [0, 0.05) is 12.5 Å². The van der Waals surface area contributed by atoms with Crippen LogP contribution < -0.4 is 0 Å². The molecule has 2 bridgehead atoms. The van der Waals surface area contributed by atoms with E-state index in [1.54, 1.807) is 6.92 Å². The van der Waals surface area contributed by atoms with Crippen LogP contribution in [0.5, 0.6) is 0 Å². The molecule has 3 unspecified atom stereocenters. The molecule has 2 aliphatic heterocycles. The van der Waals surface area contributed by atoms with Crippen LogP contribution in [0.1, 0.15) is 26.2 Å². The standard InChI is InChI=1S/C11H19NO4/c1-3-9(14)16-11-8-5-6(13)4-7(10(11)15)12(8)2/h6-8,10-11,13,15H,3-5H2,1-2H3/t6?,7-,8+,10?,11?/m0/s1. The van der Waals surface area contributed by atoms with Gasteiger partial charge in [-0.1, -0.05) is 6.92 Å². The molecule has 2 N–H and O–H groups in total. The molecule has 92 valence electrons. The van der Waals surface area contributed by atoms with Gasteiger partial charge in [-0.05, 0) is 19.9 Å². The first-order chi connectivity index (χ1) is 7.54. The number of ether oxygens (including phenoxy) is 1. The highest BCUT2D eigenvalue weighted by Gasteiger charge is 2.52. The Kier molecular flexibility index (Phi) is 3.19. The molecule has 2 saturated heterocycles. The number of nitrogens with zero attached hydrogens (tertiary/aromatic N) is 1. The summed E-state index contributed by atoms with van der Waals surface area (Å²) in [4.78, 5) is 13.3. The number of hydrogen-bond donors (Lipinski definition) is 2. The third-order valence-corrected chi connectivity index (χ3v) is 3.74. The monoisotopic (exact) mass is 229 g/mol. The van der Waals surface area contributed by atoms with Gasteiger partial charge >= 0.3 is 5.97 Å². The van der Waals surface area contributed by atoms with Gasteiger partial charge in [-0.25, -0.2) is 0 Å². The predicted molar refractivity (Wildman–Crippen MR) is 56.8 cm³/mol. The van der Waals surface area contributed by atoms with Crippen LogP contribution in [0.15, 0.2) is 0 Å². The molecular weight excluding hydrogens is 210 g/mol. The summed E-state index contributed by atoms with van der Waals surface area (Å²) in [6, 6.07) is -0.150. The molecule has 0 aromatic carbocycles. The highest BCUT2D eigenvalue weighted by Crippen LogP contribution is 2.36. The molecule has 5 heteroatoms. The van der Waals surface area contributed by atoms with Gasteiger partial charge in [0.25, 0.3) is 0 Å². The van der Waals surface area contributed by atoms with Gasteiger partial charge in [-0.3, -0.25) is 9.69 Å². The summed E-state index contributed by atoms with van der Waals surface area (Å²) in [6.07, 6.45) is -0.138. The molecule has 2 aliphatic rings. The lowest BCUT2D eigenvalue weighted by Crippen LogP contribution is -2.45. The van der Waals surface area contributed by atoms with Crippen LogP contribution >= 0.6 is 0 Å². The predicted octanol–water partition coefficient (Wildman–Crippen LogP) is -0.494. The summed E-state index contributed by atoms with van der Waals surface area (Å²) in [5.74, 6) is -0.292. The van der Waals surface area contributed by atoms with Crippen LogP contribution in [0.4, 0.5) is 0 Å².